The van der Waals surface area contributed by atoms with E-state index in [1.807, 2.05) is 54.1 Å². The van der Waals surface area contributed by atoms with E-state index in [0.717, 1.165) is 22.5 Å². The SMILES string of the molecule is COc1ccc(N2CC(O)=C(c3nc4cc(OC)ccc4n3C)C2=N)cc1. The Balaban J connectivity index is 1.73. The zero-order chi connectivity index (χ0) is 19.1. The van der Waals surface area contributed by atoms with Gasteiger partial charge in [0.25, 0.3) is 0 Å². The number of fused-ring (bicyclic) bond motifs is 1. The van der Waals surface area contributed by atoms with Crippen molar-refractivity contribution >= 4 is 28.1 Å². The van der Waals surface area contributed by atoms with Crippen molar-refractivity contribution in [3.63, 3.8) is 0 Å². The van der Waals surface area contributed by atoms with Crippen molar-refractivity contribution in [3.8, 4) is 11.5 Å². The second kappa shape index (κ2) is 6.35. The van der Waals surface area contributed by atoms with Crippen LogP contribution in [0.1, 0.15) is 5.82 Å². The third-order valence-electron chi connectivity index (χ3n) is 4.80. The van der Waals surface area contributed by atoms with E-state index in [4.69, 9.17) is 14.9 Å². The number of hydrogen-bond donors (Lipinski definition) is 2. The number of aryl methyl sites for hydroxylation is 1. The molecule has 1 aliphatic rings. The Morgan fingerprint density at radius 1 is 1.04 bits per heavy atom. The molecule has 7 heteroatoms. The predicted octanol–water partition coefficient (Wildman–Crippen LogP) is 3.36. The van der Waals surface area contributed by atoms with Crippen molar-refractivity contribution in [1.29, 1.82) is 5.41 Å². The molecule has 0 amide bonds. The van der Waals surface area contributed by atoms with Crippen LogP contribution < -0.4 is 14.4 Å². The first kappa shape index (κ1) is 17.0. The van der Waals surface area contributed by atoms with Crippen LogP contribution >= 0.6 is 0 Å². The highest BCUT2D eigenvalue weighted by Crippen LogP contribution is 2.33. The largest absolute Gasteiger partial charge is 0.509 e. The number of amidine groups is 1. The number of aromatic nitrogens is 2. The van der Waals surface area contributed by atoms with Gasteiger partial charge in [-0.1, -0.05) is 0 Å². The molecule has 3 aromatic rings. The van der Waals surface area contributed by atoms with Crippen LogP contribution in [-0.2, 0) is 7.05 Å². The molecule has 0 fully saturated rings. The molecule has 0 spiro atoms. The molecule has 0 unspecified atom stereocenters. The number of rotatable bonds is 4. The third kappa shape index (κ3) is 2.68. The van der Waals surface area contributed by atoms with Crippen LogP contribution in [0.5, 0.6) is 11.5 Å². The van der Waals surface area contributed by atoms with Crippen molar-refractivity contribution in [3.05, 3.63) is 54.0 Å². The Morgan fingerprint density at radius 2 is 1.70 bits per heavy atom. The van der Waals surface area contributed by atoms with Gasteiger partial charge in [-0.05, 0) is 36.4 Å². The van der Waals surface area contributed by atoms with Crippen molar-refractivity contribution in [2.45, 2.75) is 0 Å². The van der Waals surface area contributed by atoms with Gasteiger partial charge in [0.1, 0.15) is 28.9 Å². The van der Waals surface area contributed by atoms with Gasteiger partial charge >= 0.3 is 0 Å². The van der Waals surface area contributed by atoms with Crippen LogP contribution in [0.4, 0.5) is 5.69 Å². The van der Waals surface area contributed by atoms with E-state index in [9.17, 15) is 5.11 Å². The Bertz CT molecular complexity index is 1070. The molecular weight excluding hydrogens is 344 g/mol. The molecule has 1 aromatic heterocycles. The maximum atomic E-state index is 10.6. The lowest BCUT2D eigenvalue weighted by Crippen LogP contribution is -2.26. The summed E-state index contributed by atoms with van der Waals surface area (Å²) in [5, 5.41) is 19.2. The molecule has 27 heavy (non-hydrogen) atoms. The molecule has 4 rings (SSSR count). The summed E-state index contributed by atoms with van der Waals surface area (Å²) in [7, 11) is 5.10. The second-order valence-corrected chi connectivity index (χ2v) is 6.30. The zero-order valence-corrected chi connectivity index (χ0v) is 15.4. The normalized spacial score (nSPS) is 14.3. The van der Waals surface area contributed by atoms with Crippen molar-refractivity contribution in [2.24, 2.45) is 7.05 Å². The minimum Gasteiger partial charge on any atom is -0.509 e. The lowest BCUT2D eigenvalue weighted by Gasteiger charge is -2.19. The number of nitrogens with one attached hydrogen (secondary N) is 1. The molecule has 0 bridgehead atoms. The van der Waals surface area contributed by atoms with E-state index in [-0.39, 0.29) is 18.1 Å². The first-order valence-corrected chi connectivity index (χ1v) is 8.47. The van der Waals surface area contributed by atoms with Gasteiger partial charge in [-0.2, -0.15) is 0 Å². The van der Waals surface area contributed by atoms with Crippen LogP contribution in [0.3, 0.4) is 0 Å². The van der Waals surface area contributed by atoms with Gasteiger partial charge in [0.05, 0.1) is 37.4 Å². The summed E-state index contributed by atoms with van der Waals surface area (Å²) in [5.41, 5.74) is 2.90. The van der Waals surface area contributed by atoms with Crippen LogP contribution in [0, 0.1) is 5.41 Å². The number of nitrogens with zero attached hydrogens (tertiary/aromatic N) is 3. The number of aliphatic hydroxyl groups is 1. The van der Waals surface area contributed by atoms with Gasteiger partial charge in [0, 0.05) is 18.8 Å². The Kier molecular flexibility index (Phi) is 3.99. The summed E-state index contributed by atoms with van der Waals surface area (Å²) in [6.07, 6.45) is 0. The van der Waals surface area contributed by atoms with Gasteiger partial charge < -0.3 is 24.0 Å². The average Bonchev–Trinajstić information content (AvgIpc) is 3.17. The van der Waals surface area contributed by atoms with E-state index in [2.05, 4.69) is 4.98 Å². The Hall–Kier alpha value is -3.48. The topological polar surface area (TPSA) is 83.6 Å². The Labute approximate surface area is 156 Å². The fourth-order valence-electron chi connectivity index (χ4n) is 3.33. The van der Waals surface area contributed by atoms with Crippen LogP contribution in [0.2, 0.25) is 0 Å². The van der Waals surface area contributed by atoms with Crippen LogP contribution in [0.15, 0.2) is 48.2 Å². The fraction of sp³-hybridized carbons (Fsp3) is 0.200. The van der Waals surface area contributed by atoms with E-state index >= 15 is 0 Å². The number of aliphatic hydroxyl groups excluding tert-OH is 1. The number of methoxy groups -OCH3 is 2. The quantitative estimate of drug-likeness (QED) is 0.742. The molecular formula is C20H20N4O3. The second-order valence-electron chi connectivity index (χ2n) is 6.30. The highest BCUT2D eigenvalue weighted by Gasteiger charge is 2.32. The number of imidazole rings is 1. The number of benzene rings is 2. The summed E-state index contributed by atoms with van der Waals surface area (Å²) >= 11 is 0. The lowest BCUT2D eigenvalue weighted by molar-refractivity contribution is 0.411. The van der Waals surface area contributed by atoms with Gasteiger partial charge in [-0.3, -0.25) is 5.41 Å². The summed E-state index contributed by atoms with van der Waals surface area (Å²) in [4.78, 5) is 6.38. The van der Waals surface area contributed by atoms with Crippen LogP contribution in [-0.4, -0.2) is 41.3 Å². The maximum Gasteiger partial charge on any atom is 0.148 e. The molecule has 1 aliphatic heterocycles. The standard InChI is InChI=1S/C20H20N4O3/c1-23-16-9-8-14(27-3)10-15(16)22-20(23)18-17(25)11-24(19(18)21)12-4-6-13(26-2)7-5-12/h4-10,21,25H,11H2,1-3H3. The fourth-order valence-corrected chi connectivity index (χ4v) is 3.33. The summed E-state index contributed by atoms with van der Waals surface area (Å²) in [6.45, 7) is 0.229. The molecule has 0 radical (unpaired) electrons. The molecule has 7 nitrogen and oxygen atoms in total. The molecule has 0 saturated carbocycles. The predicted molar refractivity (Wildman–Crippen MR) is 105 cm³/mol. The van der Waals surface area contributed by atoms with E-state index in [0.29, 0.717) is 17.1 Å². The average molecular weight is 364 g/mol. The van der Waals surface area contributed by atoms with E-state index < -0.39 is 0 Å². The monoisotopic (exact) mass is 364 g/mol. The maximum absolute atomic E-state index is 10.6. The first-order valence-electron chi connectivity index (χ1n) is 8.47. The van der Waals surface area contributed by atoms with E-state index in [1.165, 1.54) is 0 Å². The highest BCUT2D eigenvalue weighted by molar-refractivity contribution is 6.30. The smallest absolute Gasteiger partial charge is 0.148 e. The number of anilines is 1. The Morgan fingerprint density at radius 3 is 2.37 bits per heavy atom. The van der Waals surface area contributed by atoms with Crippen LogP contribution in [0.25, 0.3) is 16.6 Å². The molecule has 2 heterocycles. The zero-order valence-electron chi connectivity index (χ0n) is 15.4. The number of hydrogen-bond acceptors (Lipinski definition) is 5. The molecule has 138 valence electrons. The molecule has 0 saturated heterocycles. The van der Waals surface area contributed by atoms with Gasteiger partial charge in [0.15, 0.2) is 0 Å². The summed E-state index contributed by atoms with van der Waals surface area (Å²) < 4.78 is 12.3. The number of ether oxygens (including phenoxy) is 2. The first-order chi connectivity index (χ1) is 13.0. The van der Waals surface area contributed by atoms with Crippen molar-refractivity contribution in [2.75, 3.05) is 25.7 Å². The van der Waals surface area contributed by atoms with Gasteiger partial charge in [-0.25, -0.2) is 4.98 Å². The van der Waals surface area contributed by atoms with E-state index in [1.54, 1.807) is 19.1 Å². The summed E-state index contributed by atoms with van der Waals surface area (Å²) in [5.74, 6) is 2.35. The third-order valence-corrected chi connectivity index (χ3v) is 4.80. The van der Waals surface area contributed by atoms with Gasteiger partial charge in [-0.15, -0.1) is 0 Å². The van der Waals surface area contributed by atoms with Crippen molar-refractivity contribution in [1.82, 2.24) is 9.55 Å². The molecule has 0 atom stereocenters. The summed E-state index contributed by atoms with van der Waals surface area (Å²) in [6, 6.07) is 13.0. The van der Waals surface area contributed by atoms with Crippen molar-refractivity contribution < 1.29 is 14.6 Å². The van der Waals surface area contributed by atoms with Gasteiger partial charge in [0.2, 0.25) is 0 Å². The lowest BCUT2D eigenvalue weighted by atomic mass is 10.2. The minimum atomic E-state index is 0.126. The minimum absolute atomic E-state index is 0.126. The highest BCUT2D eigenvalue weighted by atomic mass is 16.5. The molecule has 2 aromatic carbocycles. The molecule has 2 N–H and O–H groups in total. The molecule has 0 aliphatic carbocycles.